The molecule has 0 spiro atoms. The van der Waals surface area contributed by atoms with Gasteiger partial charge in [-0.25, -0.2) is 0 Å². The molecule has 0 aliphatic carbocycles. The van der Waals surface area contributed by atoms with Gasteiger partial charge in [0.1, 0.15) is 0 Å². The van der Waals surface area contributed by atoms with Crippen LogP contribution < -0.4 is 5.73 Å². The van der Waals surface area contributed by atoms with Crippen LogP contribution in [-0.4, -0.2) is 36.6 Å². The number of hydrogen-bond donors (Lipinski definition) is 1. The Labute approximate surface area is 127 Å². The molecule has 1 heterocycles. The minimum Gasteiger partial charge on any atom is -0.381 e. The van der Waals surface area contributed by atoms with Gasteiger partial charge in [0, 0.05) is 26.3 Å². The maximum absolute atomic E-state index is 12.5. The lowest BCUT2D eigenvalue weighted by molar-refractivity contribution is -0.134. The van der Waals surface area contributed by atoms with Crippen LogP contribution in [0, 0.1) is 5.92 Å². The normalized spacial score (nSPS) is 17.4. The predicted octanol–water partition coefficient (Wildman–Crippen LogP) is 2.18. The highest BCUT2D eigenvalue weighted by molar-refractivity contribution is 5.81. The summed E-state index contributed by atoms with van der Waals surface area (Å²) in [6, 6.07) is 9.72. The molecule has 4 heteroatoms. The standard InChI is InChI=1S/C17H26N2O2/c1-2-16(18)17(20)19(12-14-6-4-3-5-7-14)13-15-8-10-21-11-9-15/h3-7,15-16H,2,8-13,18H2,1H3/t16-/m0/s1. The summed E-state index contributed by atoms with van der Waals surface area (Å²) in [6.07, 6.45) is 2.73. The van der Waals surface area contributed by atoms with E-state index in [0.29, 0.717) is 18.9 Å². The van der Waals surface area contributed by atoms with E-state index in [4.69, 9.17) is 10.5 Å². The second kappa shape index (κ2) is 8.15. The second-order valence-corrected chi connectivity index (χ2v) is 5.77. The molecule has 2 N–H and O–H groups in total. The lowest BCUT2D eigenvalue weighted by Crippen LogP contribution is -2.45. The van der Waals surface area contributed by atoms with E-state index in [-0.39, 0.29) is 5.91 Å². The minimum absolute atomic E-state index is 0.0628. The van der Waals surface area contributed by atoms with Gasteiger partial charge in [0.15, 0.2) is 0 Å². The fraction of sp³-hybridized carbons (Fsp3) is 0.588. The van der Waals surface area contributed by atoms with Crippen LogP contribution in [-0.2, 0) is 16.1 Å². The third kappa shape index (κ3) is 4.83. The zero-order chi connectivity index (χ0) is 15.1. The van der Waals surface area contributed by atoms with Crippen LogP contribution in [0.1, 0.15) is 31.7 Å². The van der Waals surface area contributed by atoms with Crippen molar-refractivity contribution < 1.29 is 9.53 Å². The molecule has 4 nitrogen and oxygen atoms in total. The Morgan fingerprint density at radius 3 is 2.62 bits per heavy atom. The number of rotatable bonds is 6. The smallest absolute Gasteiger partial charge is 0.239 e. The largest absolute Gasteiger partial charge is 0.381 e. The molecule has 1 aliphatic rings. The fourth-order valence-corrected chi connectivity index (χ4v) is 2.69. The number of carbonyl (C=O) groups excluding carboxylic acids is 1. The fourth-order valence-electron chi connectivity index (χ4n) is 2.69. The lowest BCUT2D eigenvalue weighted by atomic mass is 9.99. The molecule has 2 rings (SSSR count). The van der Waals surface area contributed by atoms with Crippen molar-refractivity contribution in [2.24, 2.45) is 11.7 Å². The molecule has 21 heavy (non-hydrogen) atoms. The molecule has 1 aromatic rings. The summed E-state index contributed by atoms with van der Waals surface area (Å²) in [5.41, 5.74) is 7.11. The SMILES string of the molecule is CC[C@H](N)C(=O)N(Cc1ccccc1)CC1CCOCC1. The zero-order valence-electron chi connectivity index (χ0n) is 12.8. The molecule has 1 saturated heterocycles. The first-order valence-electron chi connectivity index (χ1n) is 7.86. The highest BCUT2D eigenvalue weighted by Crippen LogP contribution is 2.18. The average Bonchev–Trinajstić information content (AvgIpc) is 2.54. The Morgan fingerprint density at radius 1 is 1.33 bits per heavy atom. The molecule has 116 valence electrons. The van der Waals surface area contributed by atoms with Gasteiger partial charge in [-0.05, 0) is 30.7 Å². The highest BCUT2D eigenvalue weighted by atomic mass is 16.5. The van der Waals surface area contributed by atoms with E-state index in [0.717, 1.165) is 38.2 Å². The molecule has 0 aromatic heterocycles. The van der Waals surface area contributed by atoms with Crippen LogP contribution in [0.5, 0.6) is 0 Å². The van der Waals surface area contributed by atoms with Gasteiger partial charge in [0.05, 0.1) is 6.04 Å². The molecule has 0 saturated carbocycles. The van der Waals surface area contributed by atoms with E-state index in [1.807, 2.05) is 30.0 Å². The van der Waals surface area contributed by atoms with Crippen molar-refractivity contribution in [2.45, 2.75) is 38.8 Å². The van der Waals surface area contributed by atoms with Crippen molar-refractivity contribution in [1.29, 1.82) is 0 Å². The molecule has 1 aromatic carbocycles. The number of benzene rings is 1. The molecular weight excluding hydrogens is 264 g/mol. The van der Waals surface area contributed by atoms with Crippen LogP contribution in [0.25, 0.3) is 0 Å². The zero-order valence-corrected chi connectivity index (χ0v) is 12.8. The molecule has 0 bridgehead atoms. The first-order valence-corrected chi connectivity index (χ1v) is 7.86. The van der Waals surface area contributed by atoms with E-state index >= 15 is 0 Å². The molecule has 1 atom stereocenters. The van der Waals surface area contributed by atoms with E-state index in [1.54, 1.807) is 0 Å². The van der Waals surface area contributed by atoms with Crippen molar-refractivity contribution in [3.05, 3.63) is 35.9 Å². The topological polar surface area (TPSA) is 55.6 Å². The first-order chi connectivity index (χ1) is 10.2. The number of amides is 1. The second-order valence-electron chi connectivity index (χ2n) is 5.77. The van der Waals surface area contributed by atoms with Crippen molar-refractivity contribution >= 4 is 5.91 Å². The van der Waals surface area contributed by atoms with Gasteiger partial charge >= 0.3 is 0 Å². The molecule has 1 fully saturated rings. The summed E-state index contributed by atoms with van der Waals surface area (Å²) < 4.78 is 5.40. The number of carbonyl (C=O) groups is 1. The molecule has 0 radical (unpaired) electrons. The van der Waals surface area contributed by atoms with E-state index in [9.17, 15) is 4.79 Å². The van der Waals surface area contributed by atoms with Crippen molar-refractivity contribution in [2.75, 3.05) is 19.8 Å². The maximum atomic E-state index is 12.5. The maximum Gasteiger partial charge on any atom is 0.239 e. The van der Waals surface area contributed by atoms with Crippen LogP contribution >= 0.6 is 0 Å². The van der Waals surface area contributed by atoms with Gasteiger partial charge in [-0.1, -0.05) is 37.3 Å². The van der Waals surface area contributed by atoms with Crippen molar-refractivity contribution in [3.63, 3.8) is 0 Å². The van der Waals surface area contributed by atoms with Gasteiger partial charge in [-0.15, -0.1) is 0 Å². The number of ether oxygens (including phenoxy) is 1. The van der Waals surface area contributed by atoms with Gasteiger partial charge < -0.3 is 15.4 Å². The highest BCUT2D eigenvalue weighted by Gasteiger charge is 2.24. The van der Waals surface area contributed by atoms with Gasteiger partial charge in [0.25, 0.3) is 0 Å². The third-order valence-corrected chi connectivity index (χ3v) is 4.10. The summed E-state index contributed by atoms with van der Waals surface area (Å²) in [7, 11) is 0. The summed E-state index contributed by atoms with van der Waals surface area (Å²) in [5, 5.41) is 0. The Kier molecular flexibility index (Phi) is 6.21. The van der Waals surface area contributed by atoms with E-state index in [2.05, 4.69) is 12.1 Å². The minimum atomic E-state index is -0.395. The number of nitrogens with two attached hydrogens (primary N) is 1. The van der Waals surface area contributed by atoms with Crippen molar-refractivity contribution in [1.82, 2.24) is 4.90 Å². The molecule has 1 amide bonds. The number of hydrogen-bond acceptors (Lipinski definition) is 3. The van der Waals surface area contributed by atoms with Crippen LogP contribution in [0.15, 0.2) is 30.3 Å². The number of nitrogens with zero attached hydrogens (tertiary/aromatic N) is 1. The van der Waals surface area contributed by atoms with Crippen molar-refractivity contribution in [3.8, 4) is 0 Å². The van der Waals surface area contributed by atoms with Crippen LogP contribution in [0.3, 0.4) is 0 Å². The lowest BCUT2D eigenvalue weighted by Gasteiger charge is -2.31. The van der Waals surface area contributed by atoms with E-state index in [1.165, 1.54) is 0 Å². The Hall–Kier alpha value is -1.39. The Balaban J connectivity index is 2.03. The van der Waals surface area contributed by atoms with Gasteiger partial charge in [-0.2, -0.15) is 0 Å². The Morgan fingerprint density at radius 2 is 2.00 bits per heavy atom. The average molecular weight is 290 g/mol. The summed E-state index contributed by atoms with van der Waals surface area (Å²) >= 11 is 0. The van der Waals surface area contributed by atoms with Crippen LogP contribution in [0.4, 0.5) is 0 Å². The monoisotopic (exact) mass is 290 g/mol. The summed E-state index contributed by atoms with van der Waals surface area (Å²) in [6.45, 7) is 4.99. The Bertz CT molecular complexity index is 430. The summed E-state index contributed by atoms with van der Waals surface area (Å²) in [4.78, 5) is 14.5. The van der Waals surface area contributed by atoms with E-state index < -0.39 is 6.04 Å². The first kappa shape index (κ1) is 16.0. The van der Waals surface area contributed by atoms with Gasteiger partial charge in [0.2, 0.25) is 5.91 Å². The summed E-state index contributed by atoms with van der Waals surface area (Å²) in [5.74, 6) is 0.586. The predicted molar refractivity (Wildman–Crippen MR) is 83.7 cm³/mol. The molecule has 1 aliphatic heterocycles. The van der Waals surface area contributed by atoms with Gasteiger partial charge in [-0.3, -0.25) is 4.79 Å². The molecular formula is C17H26N2O2. The third-order valence-electron chi connectivity index (χ3n) is 4.10. The van der Waals surface area contributed by atoms with Crippen LogP contribution in [0.2, 0.25) is 0 Å². The quantitative estimate of drug-likeness (QED) is 0.873. The molecule has 0 unspecified atom stereocenters.